The van der Waals surface area contributed by atoms with Gasteiger partial charge in [-0.2, -0.15) is 11.3 Å². The van der Waals surface area contributed by atoms with E-state index < -0.39 is 0 Å². The number of amides is 1. The molecule has 122 valence electrons. The third kappa shape index (κ3) is 4.37. The van der Waals surface area contributed by atoms with E-state index in [0.717, 1.165) is 16.9 Å². The highest BCUT2D eigenvalue weighted by Gasteiger charge is 2.14. The van der Waals surface area contributed by atoms with Crippen LogP contribution in [-0.4, -0.2) is 10.8 Å². The zero-order valence-corrected chi connectivity index (χ0v) is 14.5. The molecule has 0 unspecified atom stereocenters. The molecule has 2 heterocycles. The summed E-state index contributed by atoms with van der Waals surface area (Å²) >= 11 is 7.74. The lowest BCUT2D eigenvalue weighted by Crippen LogP contribution is -2.28. The van der Waals surface area contributed by atoms with Gasteiger partial charge in [-0.1, -0.05) is 29.8 Å². The molecular weight excluding hydrogens is 342 g/mol. The monoisotopic (exact) mass is 357 g/mol. The number of thiophene rings is 1. The van der Waals surface area contributed by atoms with Gasteiger partial charge in [0.25, 0.3) is 0 Å². The smallest absolute Gasteiger partial charge is 0.247 e. The number of benzene rings is 1. The number of carbonyl (C=O) groups excluding carboxylic acids is 1. The Morgan fingerprint density at radius 3 is 2.75 bits per heavy atom. The first kappa shape index (κ1) is 16.6. The molecule has 1 aromatic carbocycles. The van der Waals surface area contributed by atoms with Gasteiger partial charge >= 0.3 is 0 Å². The fourth-order valence-electron chi connectivity index (χ4n) is 2.28. The number of hydrogen-bond donors (Lipinski definition) is 0. The molecule has 3 rings (SSSR count). The first-order chi connectivity index (χ1) is 11.7. The minimum absolute atomic E-state index is 0.0856. The maximum atomic E-state index is 12.6. The number of furan rings is 1. The summed E-state index contributed by atoms with van der Waals surface area (Å²) in [5.74, 6) is 0.669. The molecule has 0 saturated heterocycles. The Bertz CT molecular complexity index is 774. The van der Waals surface area contributed by atoms with Crippen molar-refractivity contribution in [2.24, 2.45) is 0 Å². The third-order valence-corrected chi connectivity index (χ3v) is 4.58. The molecule has 5 heteroatoms. The van der Waals surface area contributed by atoms with Crippen LogP contribution < -0.4 is 0 Å². The largest absolute Gasteiger partial charge is 0.467 e. The summed E-state index contributed by atoms with van der Waals surface area (Å²) in [6.07, 6.45) is 4.91. The molecule has 0 fully saturated rings. The van der Waals surface area contributed by atoms with Crippen LogP contribution in [0.15, 0.2) is 70.0 Å². The topological polar surface area (TPSA) is 33.5 Å². The van der Waals surface area contributed by atoms with E-state index in [9.17, 15) is 4.79 Å². The summed E-state index contributed by atoms with van der Waals surface area (Å²) in [6.45, 7) is 0.963. The van der Waals surface area contributed by atoms with Gasteiger partial charge in [-0.3, -0.25) is 4.79 Å². The van der Waals surface area contributed by atoms with Crippen molar-refractivity contribution in [3.8, 4) is 0 Å². The molecule has 24 heavy (non-hydrogen) atoms. The number of halogens is 1. The molecule has 1 amide bonds. The van der Waals surface area contributed by atoms with Gasteiger partial charge in [0.15, 0.2) is 0 Å². The third-order valence-electron chi connectivity index (χ3n) is 3.50. The SMILES string of the molecule is O=C(/C=C/c1ccccc1Cl)N(Cc1ccsc1)Cc1ccco1. The molecule has 3 nitrogen and oxygen atoms in total. The Morgan fingerprint density at radius 1 is 1.17 bits per heavy atom. The van der Waals surface area contributed by atoms with Crippen LogP contribution in [0.5, 0.6) is 0 Å². The van der Waals surface area contributed by atoms with Crippen molar-refractivity contribution in [1.82, 2.24) is 4.90 Å². The standard InChI is InChI=1S/C19H16ClNO2S/c20-18-6-2-1-4-16(18)7-8-19(22)21(12-15-9-11-24-14-15)13-17-5-3-10-23-17/h1-11,14H,12-13H2/b8-7+. The van der Waals surface area contributed by atoms with Gasteiger partial charge in [0.2, 0.25) is 5.91 Å². The Morgan fingerprint density at radius 2 is 2.04 bits per heavy atom. The zero-order valence-electron chi connectivity index (χ0n) is 12.9. The lowest BCUT2D eigenvalue weighted by molar-refractivity contribution is -0.127. The Hall–Kier alpha value is -2.30. The van der Waals surface area contributed by atoms with Gasteiger partial charge in [-0.25, -0.2) is 0 Å². The van der Waals surface area contributed by atoms with E-state index in [-0.39, 0.29) is 5.91 Å². The van der Waals surface area contributed by atoms with Crippen molar-refractivity contribution in [1.29, 1.82) is 0 Å². The summed E-state index contributed by atoms with van der Waals surface area (Å²) in [5.41, 5.74) is 1.92. The van der Waals surface area contributed by atoms with Crippen LogP contribution in [0.1, 0.15) is 16.9 Å². The summed E-state index contributed by atoms with van der Waals surface area (Å²) in [5, 5.41) is 4.67. The van der Waals surface area contributed by atoms with E-state index in [4.69, 9.17) is 16.0 Å². The van der Waals surface area contributed by atoms with E-state index in [1.165, 1.54) is 0 Å². The second-order valence-electron chi connectivity index (χ2n) is 5.26. The molecular formula is C19H16ClNO2S. The second-order valence-corrected chi connectivity index (χ2v) is 6.45. The van der Waals surface area contributed by atoms with Crippen LogP contribution in [0, 0.1) is 0 Å². The van der Waals surface area contributed by atoms with Crippen molar-refractivity contribution in [2.45, 2.75) is 13.1 Å². The van der Waals surface area contributed by atoms with E-state index in [1.807, 2.05) is 47.2 Å². The number of carbonyl (C=O) groups is 1. The van der Waals surface area contributed by atoms with Crippen LogP contribution >= 0.6 is 22.9 Å². The quantitative estimate of drug-likeness (QED) is 0.565. The minimum Gasteiger partial charge on any atom is -0.467 e. The highest BCUT2D eigenvalue weighted by molar-refractivity contribution is 7.07. The van der Waals surface area contributed by atoms with Crippen LogP contribution in [-0.2, 0) is 17.9 Å². The Kier molecular flexibility index (Phi) is 5.51. The molecule has 2 aromatic heterocycles. The predicted molar refractivity (Wildman–Crippen MR) is 97.8 cm³/mol. The maximum Gasteiger partial charge on any atom is 0.247 e. The van der Waals surface area contributed by atoms with E-state index in [2.05, 4.69) is 0 Å². The van der Waals surface area contributed by atoms with Crippen LogP contribution in [0.25, 0.3) is 6.08 Å². The van der Waals surface area contributed by atoms with Gasteiger partial charge in [-0.15, -0.1) is 0 Å². The van der Waals surface area contributed by atoms with Crippen molar-refractivity contribution >= 4 is 34.9 Å². The molecule has 0 atom stereocenters. The van der Waals surface area contributed by atoms with Crippen molar-refractivity contribution in [3.63, 3.8) is 0 Å². The van der Waals surface area contributed by atoms with Crippen LogP contribution in [0.3, 0.4) is 0 Å². The van der Waals surface area contributed by atoms with Gasteiger partial charge < -0.3 is 9.32 Å². The lowest BCUT2D eigenvalue weighted by Gasteiger charge is -2.19. The van der Waals surface area contributed by atoms with Gasteiger partial charge in [0.1, 0.15) is 5.76 Å². The van der Waals surface area contributed by atoms with Crippen LogP contribution in [0.2, 0.25) is 5.02 Å². The molecule has 0 aliphatic heterocycles. The molecule has 3 aromatic rings. The van der Waals surface area contributed by atoms with Gasteiger partial charge in [0, 0.05) is 17.6 Å². The molecule has 0 N–H and O–H groups in total. The fraction of sp³-hybridized carbons (Fsp3) is 0.105. The average Bonchev–Trinajstić information content (AvgIpc) is 3.27. The molecule has 0 bridgehead atoms. The zero-order chi connectivity index (χ0) is 16.8. The highest BCUT2D eigenvalue weighted by Crippen LogP contribution is 2.18. The predicted octanol–water partition coefficient (Wildman–Crippen LogP) is 5.24. The van der Waals surface area contributed by atoms with E-state index >= 15 is 0 Å². The molecule has 0 saturated carbocycles. The highest BCUT2D eigenvalue weighted by atomic mass is 35.5. The lowest BCUT2D eigenvalue weighted by atomic mass is 10.2. The molecule has 0 spiro atoms. The normalized spacial score (nSPS) is 11.0. The molecule has 0 radical (unpaired) electrons. The van der Waals surface area contributed by atoms with Crippen LogP contribution in [0.4, 0.5) is 0 Å². The van der Waals surface area contributed by atoms with E-state index in [0.29, 0.717) is 18.1 Å². The number of rotatable bonds is 6. The first-order valence-corrected chi connectivity index (χ1v) is 8.79. The first-order valence-electron chi connectivity index (χ1n) is 7.47. The summed E-state index contributed by atoms with van der Waals surface area (Å²) in [6, 6.07) is 13.1. The fourth-order valence-corrected chi connectivity index (χ4v) is 3.14. The summed E-state index contributed by atoms with van der Waals surface area (Å²) in [4.78, 5) is 14.4. The summed E-state index contributed by atoms with van der Waals surface area (Å²) < 4.78 is 5.38. The number of hydrogen-bond acceptors (Lipinski definition) is 3. The number of nitrogens with zero attached hydrogens (tertiary/aromatic N) is 1. The Labute approximate surface area is 149 Å². The maximum absolute atomic E-state index is 12.6. The second kappa shape index (κ2) is 7.99. The Balaban J connectivity index is 1.76. The molecule has 0 aliphatic rings. The van der Waals surface area contributed by atoms with Gasteiger partial charge in [0.05, 0.1) is 12.8 Å². The molecule has 0 aliphatic carbocycles. The van der Waals surface area contributed by atoms with Crippen molar-refractivity contribution < 1.29 is 9.21 Å². The van der Waals surface area contributed by atoms with Crippen molar-refractivity contribution in [3.05, 3.63) is 87.5 Å². The minimum atomic E-state index is -0.0856. The van der Waals surface area contributed by atoms with E-state index in [1.54, 1.807) is 40.7 Å². The van der Waals surface area contributed by atoms with Gasteiger partial charge in [-0.05, 0) is 52.2 Å². The van der Waals surface area contributed by atoms with Crippen molar-refractivity contribution in [2.75, 3.05) is 0 Å². The summed E-state index contributed by atoms with van der Waals surface area (Å²) in [7, 11) is 0. The average molecular weight is 358 g/mol.